The van der Waals surface area contributed by atoms with Crippen LogP contribution in [0.2, 0.25) is 0 Å². The maximum absolute atomic E-state index is 12.4. The third kappa shape index (κ3) is 3.79. The number of nitrogens with one attached hydrogen (secondary N) is 3. The average molecular weight is 309 g/mol. The summed E-state index contributed by atoms with van der Waals surface area (Å²) in [5, 5.41) is 9.72. The summed E-state index contributed by atoms with van der Waals surface area (Å²) in [7, 11) is -3.68. The number of nitrogens with zero attached hydrogens (tertiary/aromatic N) is 2. The summed E-state index contributed by atoms with van der Waals surface area (Å²) in [5.74, 6) is 0. The van der Waals surface area contributed by atoms with Crippen molar-refractivity contribution in [2.45, 2.75) is 31.8 Å². The Morgan fingerprint density at radius 3 is 2.86 bits per heavy atom. The van der Waals surface area contributed by atoms with Crippen LogP contribution in [-0.4, -0.2) is 30.1 Å². The standard InChI is InChI=1S/C13H19N5O2S/c1-3-6-14-12-5-4-7-15-13(12)21(19,20)17-9-11-8-16-18-10(11)2/h4-5,7-8,14,17H,3,6,9H2,1-2H3,(H,16,18). The Balaban J connectivity index is 2.17. The van der Waals surface area contributed by atoms with Gasteiger partial charge in [-0.15, -0.1) is 0 Å². The quantitative estimate of drug-likeness (QED) is 0.718. The van der Waals surface area contributed by atoms with Gasteiger partial charge in [0.05, 0.1) is 11.9 Å². The van der Waals surface area contributed by atoms with Gasteiger partial charge in [0.15, 0.2) is 5.03 Å². The SMILES string of the molecule is CCCNc1cccnc1S(=O)(=O)NCc1cn[nH]c1C. The fourth-order valence-corrected chi connectivity index (χ4v) is 2.91. The van der Waals surface area contributed by atoms with Gasteiger partial charge in [-0.25, -0.2) is 18.1 Å². The molecule has 0 saturated heterocycles. The Bertz CT molecular complexity index is 696. The predicted octanol–water partition coefficient (Wildman–Crippen LogP) is 1.41. The van der Waals surface area contributed by atoms with E-state index in [-0.39, 0.29) is 11.6 Å². The molecule has 0 aliphatic rings. The first kappa shape index (κ1) is 15.5. The van der Waals surface area contributed by atoms with Gasteiger partial charge < -0.3 is 5.32 Å². The molecular formula is C13H19N5O2S. The monoisotopic (exact) mass is 309 g/mol. The van der Waals surface area contributed by atoms with Crippen molar-refractivity contribution in [3.8, 4) is 0 Å². The third-order valence-electron chi connectivity index (χ3n) is 2.98. The van der Waals surface area contributed by atoms with Crippen molar-refractivity contribution in [3.05, 3.63) is 35.8 Å². The molecule has 21 heavy (non-hydrogen) atoms. The van der Waals surface area contributed by atoms with Crippen molar-refractivity contribution in [2.24, 2.45) is 0 Å². The second kappa shape index (κ2) is 6.68. The van der Waals surface area contributed by atoms with Crippen molar-refractivity contribution in [3.63, 3.8) is 0 Å². The molecule has 0 unspecified atom stereocenters. The van der Waals surface area contributed by atoms with Crippen molar-refractivity contribution in [1.29, 1.82) is 0 Å². The lowest BCUT2D eigenvalue weighted by atomic mass is 10.3. The number of pyridine rings is 1. The Morgan fingerprint density at radius 2 is 2.19 bits per heavy atom. The van der Waals surface area contributed by atoms with Crippen LogP contribution in [0.3, 0.4) is 0 Å². The molecule has 0 fully saturated rings. The first-order chi connectivity index (χ1) is 10.0. The smallest absolute Gasteiger partial charge is 0.260 e. The van der Waals surface area contributed by atoms with E-state index in [1.807, 2.05) is 13.8 Å². The molecule has 2 rings (SSSR count). The van der Waals surface area contributed by atoms with E-state index < -0.39 is 10.0 Å². The van der Waals surface area contributed by atoms with E-state index in [1.54, 1.807) is 18.3 Å². The second-order valence-electron chi connectivity index (χ2n) is 4.63. The van der Waals surface area contributed by atoms with Crippen molar-refractivity contribution >= 4 is 15.7 Å². The van der Waals surface area contributed by atoms with E-state index in [1.165, 1.54) is 6.20 Å². The maximum atomic E-state index is 12.4. The summed E-state index contributed by atoms with van der Waals surface area (Å²) >= 11 is 0. The molecule has 0 atom stereocenters. The minimum Gasteiger partial charge on any atom is -0.383 e. The first-order valence-corrected chi connectivity index (χ1v) is 8.20. The molecule has 2 aromatic rings. The summed E-state index contributed by atoms with van der Waals surface area (Å²) < 4.78 is 27.3. The molecule has 114 valence electrons. The predicted molar refractivity (Wildman–Crippen MR) is 80.4 cm³/mol. The Hall–Kier alpha value is -1.93. The zero-order chi connectivity index (χ0) is 15.3. The van der Waals surface area contributed by atoms with Gasteiger partial charge in [0.1, 0.15) is 0 Å². The molecule has 0 aliphatic heterocycles. The molecule has 7 nitrogen and oxygen atoms in total. The van der Waals surface area contributed by atoms with E-state index in [0.717, 1.165) is 17.7 Å². The third-order valence-corrected chi connectivity index (χ3v) is 4.34. The number of aromatic amines is 1. The van der Waals surface area contributed by atoms with Crippen molar-refractivity contribution in [1.82, 2.24) is 19.9 Å². The number of aryl methyl sites for hydroxylation is 1. The zero-order valence-electron chi connectivity index (χ0n) is 12.0. The van der Waals surface area contributed by atoms with Gasteiger partial charge in [0.2, 0.25) is 0 Å². The van der Waals surface area contributed by atoms with Gasteiger partial charge in [-0.2, -0.15) is 5.10 Å². The highest BCUT2D eigenvalue weighted by Crippen LogP contribution is 2.18. The Morgan fingerprint density at radius 1 is 1.38 bits per heavy atom. The van der Waals surface area contributed by atoms with Gasteiger partial charge in [0, 0.05) is 30.5 Å². The molecule has 3 N–H and O–H groups in total. The highest BCUT2D eigenvalue weighted by atomic mass is 32.2. The van der Waals surface area contributed by atoms with Crippen molar-refractivity contribution in [2.75, 3.05) is 11.9 Å². The van der Waals surface area contributed by atoms with Crippen LogP contribution in [0.15, 0.2) is 29.6 Å². The van der Waals surface area contributed by atoms with Crippen LogP contribution in [0.25, 0.3) is 0 Å². The Labute approximate surface area is 124 Å². The largest absolute Gasteiger partial charge is 0.383 e. The number of H-pyrrole nitrogens is 1. The van der Waals surface area contributed by atoms with Crippen LogP contribution in [0.1, 0.15) is 24.6 Å². The van der Waals surface area contributed by atoms with E-state index >= 15 is 0 Å². The lowest BCUT2D eigenvalue weighted by Gasteiger charge is -2.11. The van der Waals surface area contributed by atoms with Crippen LogP contribution in [0.5, 0.6) is 0 Å². The molecule has 0 spiro atoms. The molecule has 0 amide bonds. The number of hydrogen-bond donors (Lipinski definition) is 3. The molecule has 0 radical (unpaired) electrons. The molecule has 2 heterocycles. The van der Waals surface area contributed by atoms with Gasteiger partial charge in [-0.05, 0) is 25.5 Å². The van der Waals surface area contributed by atoms with Gasteiger partial charge in [-0.1, -0.05) is 6.92 Å². The molecule has 0 bridgehead atoms. The van der Waals surface area contributed by atoms with Crippen LogP contribution in [0.4, 0.5) is 5.69 Å². The average Bonchev–Trinajstić information content (AvgIpc) is 2.89. The van der Waals surface area contributed by atoms with Crippen LogP contribution in [-0.2, 0) is 16.6 Å². The van der Waals surface area contributed by atoms with E-state index in [2.05, 4.69) is 25.2 Å². The van der Waals surface area contributed by atoms with E-state index in [0.29, 0.717) is 12.2 Å². The molecule has 0 aromatic carbocycles. The fourth-order valence-electron chi connectivity index (χ4n) is 1.79. The van der Waals surface area contributed by atoms with Gasteiger partial charge >= 0.3 is 0 Å². The summed E-state index contributed by atoms with van der Waals surface area (Å²) in [6.07, 6.45) is 3.97. The molecule has 2 aromatic heterocycles. The Kier molecular flexibility index (Phi) is 4.92. The lowest BCUT2D eigenvalue weighted by molar-refractivity contribution is 0.577. The topological polar surface area (TPSA) is 99.8 Å². The number of aromatic nitrogens is 3. The normalized spacial score (nSPS) is 11.5. The highest BCUT2D eigenvalue weighted by Gasteiger charge is 2.20. The maximum Gasteiger partial charge on any atom is 0.260 e. The fraction of sp³-hybridized carbons (Fsp3) is 0.385. The van der Waals surface area contributed by atoms with Gasteiger partial charge in [-0.3, -0.25) is 5.10 Å². The second-order valence-corrected chi connectivity index (χ2v) is 6.31. The summed E-state index contributed by atoms with van der Waals surface area (Å²) in [6.45, 7) is 4.71. The number of rotatable bonds is 7. The number of sulfonamides is 1. The van der Waals surface area contributed by atoms with E-state index in [9.17, 15) is 8.42 Å². The van der Waals surface area contributed by atoms with Crippen LogP contribution in [0, 0.1) is 6.92 Å². The summed E-state index contributed by atoms with van der Waals surface area (Å²) in [6, 6.07) is 3.41. The van der Waals surface area contributed by atoms with E-state index in [4.69, 9.17) is 0 Å². The summed E-state index contributed by atoms with van der Waals surface area (Å²) in [4.78, 5) is 3.99. The number of anilines is 1. The first-order valence-electron chi connectivity index (χ1n) is 6.72. The lowest BCUT2D eigenvalue weighted by Crippen LogP contribution is -2.25. The molecule has 0 aliphatic carbocycles. The molecule has 8 heteroatoms. The van der Waals surface area contributed by atoms with Crippen molar-refractivity contribution < 1.29 is 8.42 Å². The minimum absolute atomic E-state index is 0.0135. The molecule has 0 saturated carbocycles. The van der Waals surface area contributed by atoms with Crippen LogP contribution >= 0.6 is 0 Å². The highest BCUT2D eigenvalue weighted by molar-refractivity contribution is 7.89. The number of hydrogen-bond acceptors (Lipinski definition) is 5. The molecular weight excluding hydrogens is 290 g/mol. The minimum atomic E-state index is -3.68. The van der Waals surface area contributed by atoms with Gasteiger partial charge in [0.25, 0.3) is 10.0 Å². The zero-order valence-corrected chi connectivity index (χ0v) is 12.9. The van der Waals surface area contributed by atoms with Crippen LogP contribution < -0.4 is 10.0 Å². The summed E-state index contributed by atoms with van der Waals surface area (Å²) in [5.41, 5.74) is 2.15.